The van der Waals surface area contributed by atoms with Gasteiger partial charge < -0.3 is 14.8 Å². The van der Waals surface area contributed by atoms with E-state index in [9.17, 15) is 9.18 Å². The lowest BCUT2D eigenvalue weighted by molar-refractivity contribution is -0.146. The van der Waals surface area contributed by atoms with E-state index in [1.807, 2.05) is 37.3 Å². The minimum Gasteiger partial charge on any atom is -0.494 e. The predicted molar refractivity (Wildman–Crippen MR) is 146 cm³/mol. The largest absolute Gasteiger partial charge is 0.494 e. The summed E-state index contributed by atoms with van der Waals surface area (Å²) in [7, 11) is 0. The van der Waals surface area contributed by atoms with Gasteiger partial charge in [0.15, 0.2) is 0 Å². The fraction of sp³-hybridized carbons (Fsp3) is 0.414. The van der Waals surface area contributed by atoms with Gasteiger partial charge in [-0.1, -0.05) is 55.4 Å². The summed E-state index contributed by atoms with van der Waals surface area (Å²) in [4.78, 5) is 18.3. The maximum Gasteiger partial charge on any atom is 0.338 e. The number of carbonyl (C=O) groups is 1. The summed E-state index contributed by atoms with van der Waals surface area (Å²) in [5.41, 5.74) is 2.63. The van der Waals surface area contributed by atoms with Crippen LogP contribution in [0.25, 0.3) is 0 Å². The van der Waals surface area contributed by atoms with E-state index in [1.165, 1.54) is 24.2 Å². The smallest absolute Gasteiger partial charge is 0.338 e. The van der Waals surface area contributed by atoms with Gasteiger partial charge in [0.1, 0.15) is 23.7 Å². The molecule has 1 aliphatic heterocycles. The first kappa shape index (κ1) is 26.3. The second-order valence-electron chi connectivity index (χ2n) is 9.70. The fourth-order valence-electron chi connectivity index (χ4n) is 4.92. The van der Waals surface area contributed by atoms with Crippen molar-refractivity contribution in [1.29, 1.82) is 0 Å². The van der Waals surface area contributed by atoms with Crippen LogP contribution in [-0.4, -0.2) is 33.4 Å². The molecule has 5 rings (SSSR count). The third kappa shape index (κ3) is 5.88. The summed E-state index contributed by atoms with van der Waals surface area (Å²) >= 11 is 1.35. The van der Waals surface area contributed by atoms with Crippen molar-refractivity contribution in [3.63, 3.8) is 0 Å². The monoisotopic (exact) mass is 536 g/mol. The van der Waals surface area contributed by atoms with E-state index in [4.69, 9.17) is 14.6 Å². The zero-order chi connectivity index (χ0) is 26.5. The Bertz CT molecular complexity index is 1320. The van der Waals surface area contributed by atoms with Crippen LogP contribution in [0.1, 0.15) is 69.5 Å². The van der Waals surface area contributed by atoms with Crippen LogP contribution in [0.3, 0.4) is 0 Å². The molecular formula is C29H33FN4O3S. The van der Waals surface area contributed by atoms with Crippen molar-refractivity contribution in [2.45, 2.75) is 75.4 Å². The lowest BCUT2D eigenvalue weighted by Crippen LogP contribution is -2.32. The summed E-state index contributed by atoms with van der Waals surface area (Å²) in [5.74, 6) is 1.06. The summed E-state index contributed by atoms with van der Waals surface area (Å²) in [6.07, 6.45) is 5.93. The van der Waals surface area contributed by atoms with Gasteiger partial charge in [0.2, 0.25) is 11.1 Å². The molecule has 1 saturated carbocycles. The van der Waals surface area contributed by atoms with Gasteiger partial charge in [0.05, 0.1) is 12.2 Å². The average molecular weight is 537 g/mol. The van der Waals surface area contributed by atoms with E-state index < -0.39 is 6.04 Å². The molecule has 1 N–H and O–H groups in total. The maximum absolute atomic E-state index is 14.2. The molecule has 38 heavy (non-hydrogen) atoms. The Labute approximate surface area is 226 Å². The molecule has 1 atom stereocenters. The lowest BCUT2D eigenvalue weighted by atomic mass is 9.94. The quantitative estimate of drug-likeness (QED) is 0.242. The highest BCUT2D eigenvalue weighted by molar-refractivity contribution is 7.98. The second kappa shape index (κ2) is 12.0. The molecule has 200 valence electrons. The van der Waals surface area contributed by atoms with Gasteiger partial charge in [-0.3, -0.25) is 0 Å². The number of hydrogen-bond acceptors (Lipinski definition) is 7. The highest BCUT2D eigenvalue weighted by atomic mass is 32.2. The summed E-state index contributed by atoms with van der Waals surface area (Å²) in [6, 6.07) is 13.9. The Kier molecular flexibility index (Phi) is 8.32. The molecule has 2 heterocycles. The van der Waals surface area contributed by atoms with Crippen molar-refractivity contribution in [2.75, 3.05) is 11.9 Å². The minimum absolute atomic E-state index is 0.0690. The van der Waals surface area contributed by atoms with Crippen LogP contribution in [0.2, 0.25) is 0 Å². The van der Waals surface area contributed by atoms with Crippen LogP contribution in [0.4, 0.5) is 10.3 Å². The van der Waals surface area contributed by atoms with Crippen molar-refractivity contribution >= 4 is 23.7 Å². The number of aromatic nitrogens is 3. The van der Waals surface area contributed by atoms with Gasteiger partial charge >= 0.3 is 5.97 Å². The number of rotatable bonds is 9. The maximum atomic E-state index is 14.2. The van der Waals surface area contributed by atoms with E-state index in [1.54, 1.807) is 16.8 Å². The molecule has 1 fully saturated rings. The van der Waals surface area contributed by atoms with Gasteiger partial charge in [-0.25, -0.2) is 13.9 Å². The molecule has 7 nitrogen and oxygen atoms in total. The Morgan fingerprint density at radius 3 is 2.76 bits per heavy atom. The van der Waals surface area contributed by atoms with Crippen LogP contribution in [0, 0.1) is 5.82 Å². The molecule has 1 unspecified atom stereocenters. The Balaban J connectivity index is 1.47. The number of esters is 1. The number of thioether (sulfide) groups is 1. The fourth-order valence-corrected chi connectivity index (χ4v) is 5.73. The van der Waals surface area contributed by atoms with Crippen LogP contribution < -0.4 is 10.1 Å². The Morgan fingerprint density at radius 2 is 1.97 bits per heavy atom. The molecule has 0 bridgehead atoms. The summed E-state index contributed by atoms with van der Waals surface area (Å²) in [5, 5.41) is 8.51. The summed E-state index contributed by atoms with van der Waals surface area (Å²) in [6.45, 7) is 4.53. The number of halogens is 1. The van der Waals surface area contributed by atoms with Gasteiger partial charge in [0.25, 0.3) is 0 Å². The second-order valence-corrected chi connectivity index (χ2v) is 10.6. The Hall–Kier alpha value is -3.33. The van der Waals surface area contributed by atoms with E-state index in [0.29, 0.717) is 40.3 Å². The third-order valence-electron chi connectivity index (χ3n) is 6.84. The Morgan fingerprint density at radius 1 is 1.16 bits per heavy atom. The molecule has 0 spiro atoms. The SMILES string of the molecule is CCCOc1cccc(C2C(C(=O)OC3CCCCC3)=C(C)Nc3nc(SCc4ccccc4F)nn32)c1. The molecule has 0 amide bonds. The molecule has 0 saturated heterocycles. The molecule has 9 heteroatoms. The first-order valence-corrected chi connectivity index (χ1v) is 14.3. The number of anilines is 1. The van der Waals surface area contributed by atoms with Crippen LogP contribution in [0.5, 0.6) is 5.75 Å². The van der Waals surface area contributed by atoms with E-state index in [-0.39, 0.29) is 17.9 Å². The van der Waals surface area contributed by atoms with Crippen molar-refractivity contribution in [3.8, 4) is 5.75 Å². The zero-order valence-corrected chi connectivity index (χ0v) is 22.6. The topological polar surface area (TPSA) is 78.3 Å². The molecular weight excluding hydrogens is 503 g/mol. The summed E-state index contributed by atoms with van der Waals surface area (Å²) < 4.78 is 27.8. The van der Waals surface area contributed by atoms with Crippen molar-refractivity contribution in [1.82, 2.24) is 14.8 Å². The normalized spacial score (nSPS) is 17.6. The first-order chi connectivity index (χ1) is 18.5. The number of allylic oxidation sites excluding steroid dienone is 1. The minimum atomic E-state index is -0.539. The number of ether oxygens (including phenoxy) is 2. The first-order valence-electron chi connectivity index (χ1n) is 13.3. The van der Waals surface area contributed by atoms with Crippen LogP contribution >= 0.6 is 11.8 Å². The third-order valence-corrected chi connectivity index (χ3v) is 7.73. The van der Waals surface area contributed by atoms with Gasteiger partial charge in [-0.05, 0) is 68.4 Å². The van der Waals surface area contributed by atoms with E-state index >= 15 is 0 Å². The number of nitrogens with zero attached hydrogens (tertiary/aromatic N) is 3. The number of fused-ring (bicyclic) bond motifs is 1. The number of carbonyl (C=O) groups excluding carboxylic acids is 1. The molecule has 1 aromatic heterocycles. The number of hydrogen-bond donors (Lipinski definition) is 1. The van der Waals surface area contributed by atoms with Crippen molar-refractivity contribution < 1.29 is 18.7 Å². The van der Waals surface area contributed by atoms with Gasteiger partial charge in [-0.2, -0.15) is 4.98 Å². The zero-order valence-electron chi connectivity index (χ0n) is 21.8. The lowest BCUT2D eigenvalue weighted by Gasteiger charge is -2.30. The predicted octanol–water partition coefficient (Wildman–Crippen LogP) is 6.66. The number of nitrogens with one attached hydrogen (secondary N) is 1. The van der Waals surface area contributed by atoms with E-state index in [2.05, 4.69) is 17.2 Å². The molecule has 3 aromatic rings. The van der Waals surface area contributed by atoms with Crippen molar-refractivity contribution in [3.05, 3.63) is 76.7 Å². The standard InChI is InChI=1S/C29H33FN4O3S/c1-3-16-36-23-14-9-11-20(17-23)26-25(27(35)37-22-12-5-4-6-13-22)19(2)31-28-32-29(33-34(26)28)38-18-21-10-7-8-15-24(21)30/h7-11,14-15,17,22,26H,3-6,12-13,16,18H2,1-2H3,(H,31,32,33). The van der Waals surface area contributed by atoms with Gasteiger partial charge in [-0.15, -0.1) is 5.10 Å². The molecule has 0 radical (unpaired) electrons. The highest BCUT2D eigenvalue weighted by Crippen LogP contribution is 2.38. The average Bonchev–Trinajstić information content (AvgIpc) is 3.33. The van der Waals surface area contributed by atoms with Crippen molar-refractivity contribution in [2.24, 2.45) is 0 Å². The highest BCUT2D eigenvalue weighted by Gasteiger charge is 2.36. The van der Waals surface area contributed by atoms with Crippen LogP contribution in [-0.2, 0) is 15.3 Å². The van der Waals surface area contributed by atoms with E-state index in [0.717, 1.165) is 43.4 Å². The van der Waals surface area contributed by atoms with Crippen LogP contribution in [0.15, 0.2) is 65.0 Å². The molecule has 1 aliphatic carbocycles. The molecule has 2 aromatic carbocycles. The number of benzene rings is 2. The molecule has 2 aliphatic rings. The van der Waals surface area contributed by atoms with Gasteiger partial charge in [0, 0.05) is 11.4 Å².